The predicted molar refractivity (Wildman–Crippen MR) is 145 cm³/mol. The molecule has 3 saturated carbocycles. The maximum atomic E-state index is 14.4. The second-order valence-electron chi connectivity index (χ2n) is 13.3. The predicted octanol–water partition coefficient (Wildman–Crippen LogP) is 6.97. The molecule has 0 bridgehead atoms. The summed E-state index contributed by atoms with van der Waals surface area (Å²) in [7, 11) is 1.69. The molecule has 1 heterocycles. The summed E-state index contributed by atoms with van der Waals surface area (Å²) in [6, 6.07) is 8.25. The van der Waals surface area contributed by atoms with Crippen molar-refractivity contribution in [2.75, 3.05) is 13.7 Å². The average molecular weight is 505 g/mol. The normalized spacial score (nSPS) is 36.6. The zero-order chi connectivity index (χ0) is 25.8. The highest BCUT2D eigenvalue weighted by molar-refractivity contribution is 5.93. The van der Waals surface area contributed by atoms with Gasteiger partial charge in [-0.05, 0) is 85.8 Å². The number of fused-ring (bicyclic) bond motifs is 5. The van der Waals surface area contributed by atoms with Gasteiger partial charge < -0.3 is 10.1 Å². The van der Waals surface area contributed by atoms with Crippen LogP contribution in [0.25, 0.3) is 0 Å². The standard InChI is InChI=1S/C32H44N2O3/c1-30-15-7-8-26(30)25-21-34(28-20-23(35)13-19-31(28,2)27(25)14-18-30)29(36)33-32(16-5-4-6-17-32)22-9-11-24(37-3)12-10-22/h9-12,20,25-27H,4-8,13-19,21H2,1-3H3,(H,33,36)/t25-,26-,27-,30-,31+/m0/s1. The van der Waals surface area contributed by atoms with Crippen molar-refractivity contribution >= 4 is 11.8 Å². The van der Waals surface area contributed by atoms with Gasteiger partial charge in [0.05, 0.1) is 12.6 Å². The second-order valence-corrected chi connectivity index (χ2v) is 13.3. The van der Waals surface area contributed by atoms with Crippen LogP contribution in [-0.2, 0) is 10.3 Å². The monoisotopic (exact) mass is 504 g/mol. The maximum Gasteiger partial charge on any atom is 0.322 e. The van der Waals surface area contributed by atoms with E-state index < -0.39 is 0 Å². The fourth-order valence-corrected chi connectivity index (χ4v) is 9.31. The van der Waals surface area contributed by atoms with E-state index in [1.54, 1.807) is 7.11 Å². The van der Waals surface area contributed by atoms with Crippen LogP contribution < -0.4 is 10.1 Å². The third-order valence-electron chi connectivity index (χ3n) is 11.4. The summed E-state index contributed by atoms with van der Waals surface area (Å²) in [5.74, 6) is 2.78. The number of nitrogens with zero attached hydrogens (tertiary/aromatic N) is 1. The fraction of sp³-hybridized carbons (Fsp3) is 0.688. The Morgan fingerprint density at radius 2 is 1.70 bits per heavy atom. The largest absolute Gasteiger partial charge is 0.497 e. The highest BCUT2D eigenvalue weighted by Gasteiger charge is 2.59. The van der Waals surface area contributed by atoms with E-state index in [4.69, 9.17) is 4.74 Å². The summed E-state index contributed by atoms with van der Waals surface area (Å²) in [4.78, 5) is 29.1. The summed E-state index contributed by atoms with van der Waals surface area (Å²) in [6.07, 6.45) is 15.1. The molecule has 2 amide bonds. The van der Waals surface area contributed by atoms with Gasteiger partial charge in [0, 0.05) is 30.2 Å². The molecule has 5 aliphatic rings. The number of carbonyl (C=O) groups excluding carboxylic acids is 2. The van der Waals surface area contributed by atoms with Crippen LogP contribution in [0.4, 0.5) is 4.79 Å². The SMILES string of the molecule is COc1ccc(C2(NC(=O)N3C[C@H]4[C@@H]5CCC[C@@]5(C)CC[C@@H]4[C@@]4(C)CCC(=O)C=C34)CCCCC2)cc1. The lowest BCUT2D eigenvalue weighted by Gasteiger charge is -2.60. The number of urea groups is 1. The quantitative estimate of drug-likeness (QED) is 0.484. The van der Waals surface area contributed by atoms with Crippen molar-refractivity contribution in [3.8, 4) is 5.75 Å². The minimum atomic E-state index is -0.372. The minimum absolute atomic E-state index is 0.00591. The Kier molecular flexibility index (Phi) is 6.19. The number of ketones is 1. The van der Waals surface area contributed by atoms with Gasteiger partial charge in [-0.15, -0.1) is 0 Å². The van der Waals surface area contributed by atoms with Gasteiger partial charge >= 0.3 is 6.03 Å². The molecule has 1 aliphatic heterocycles. The van der Waals surface area contributed by atoms with Crippen molar-refractivity contribution in [3.05, 3.63) is 41.6 Å². The number of hydrogen-bond acceptors (Lipinski definition) is 3. The summed E-state index contributed by atoms with van der Waals surface area (Å²) in [5, 5.41) is 3.58. The highest BCUT2D eigenvalue weighted by atomic mass is 16.5. The van der Waals surface area contributed by atoms with Gasteiger partial charge in [0.2, 0.25) is 0 Å². The number of ether oxygens (including phenoxy) is 1. The first-order valence-corrected chi connectivity index (χ1v) is 14.8. The Balaban J connectivity index is 1.35. The summed E-state index contributed by atoms with van der Waals surface area (Å²) >= 11 is 0. The lowest BCUT2D eigenvalue weighted by molar-refractivity contribution is -0.118. The van der Waals surface area contributed by atoms with E-state index in [0.29, 0.717) is 29.6 Å². The summed E-state index contributed by atoms with van der Waals surface area (Å²) < 4.78 is 5.40. The molecule has 1 N–H and O–H groups in total. The van der Waals surface area contributed by atoms with Gasteiger partial charge in [0.15, 0.2) is 5.78 Å². The second kappa shape index (κ2) is 9.17. The first-order valence-electron chi connectivity index (χ1n) is 14.8. The van der Waals surface area contributed by atoms with Gasteiger partial charge in [-0.3, -0.25) is 9.69 Å². The zero-order valence-corrected chi connectivity index (χ0v) is 23.0. The van der Waals surface area contributed by atoms with E-state index in [-0.39, 0.29) is 22.8 Å². The molecule has 200 valence electrons. The molecule has 5 heteroatoms. The molecule has 1 aromatic carbocycles. The number of allylic oxidation sites excluding steroid dienone is 2. The number of likely N-dealkylation sites (tertiary alicyclic amines) is 1. The van der Waals surface area contributed by atoms with E-state index >= 15 is 0 Å². The molecule has 1 saturated heterocycles. The lowest BCUT2D eigenvalue weighted by atomic mass is 9.50. The van der Waals surface area contributed by atoms with Crippen molar-refractivity contribution in [2.45, 2.75) is 96.4 Å². The fourth-order valence-electron chi connectivity index (χ4n) is 9.31. The highest BCUT2D eigenvalue weighted by Crippen LogP contribution is 2.64. The number of carbonyl (C=O) groups is 2. The molecule has 0 radical (unpaired) electrons. The van der Waals surface area contributed by atoms with Crippen LogP contribution in [0.3, 0.4) is 0 Å². The van der Waals surface area contributed by atoms with Crippen molar-refractivity contribution < 1.29 is 14.3 Å². The Hall–Kier alpha value is -2.30. The van der Waals surface area contributed by atoms with E-state index in [9.17, 15) is 9.59 Å². The van der Waals surface area contributed by atoms with Gasteiger partial charge in [0.1, 0.15) is 5.75 Å². The molecule has 0 spiro atoms. The van der Waals surface area contributed by atoms with Crippen molar-refractivity contribution in [1.29, 1.82) is 0 Å². The molecule has 0 unspecified atom stereocenters. The molecule has 5 nitrogen and oxygen atoms in total. The lowest BCUT2D eigenvalue weighted by Crippen LogP contribution is -2.61. The zero-order valence-electron chi connectivity index (χ0n) is 23.0. The molecule has 37 heavy (non-hydrogen) atoms. The third-order valence-corrected chi connectivity index (χ3v) is 11.4. The maximum absolute atomic E-state index is 14.4. The van der Waals surface area contributed by atoms with Crippen molar-refractivity contribution in [1.82, 2.24) is 10.2 Å². The number of methoxy groups -OCH3 is 1. The van der Waals surface area contributed by atoms with Gasteiger partial charge in [-0.2, -0.15) is 0 Å². The smallest absolute Gasteiger partial charge is 0.322 e. The van der Waals surface area contributed by atoms with Crippen LogP contribution in [0.15, 0.2) is 36.0 Å². The van der Waals surface area contributed by atoms with E-state index in [0.717, 1.165) is 55.7 Å². The van der Waals surface area contributed by atoms with Gasteiger partial charge in [0.25, 0.3) is 0 Å². The van der Waals surface area contributed by atoms with Crippen LogP contribution in [0.5, 0.6) is 5.75 Å². The Morgan fingerprint density at radius 3 is 2.43 bits per heavy atom. The minimum Gasteiger partial charge on any atom is -0.497 e. The number of benzene rings is 1. The number of piperidine rings is 1. The number of nitrogens with one attached hydrogen (secondary N) is 1. The Bertz CT molecular complexity index is 1090. The van der Waals surface area contributed by atoms with E-state index in [2.05, 4.69) is 31.3 Å². The topological polar surface area (TPSA) is 58.6 Å². The Morgan fingerprint density at radius 1 is 0.946 bits per heavy atom. The summed E-state index contributed by atoms with van der Waals surface area (Å²) in [5.41, 5.74) is 2.10. The summed E-state index contributed by atoms with van der Waals surface area (Å²) in [6.45, 7) is 5.62. The van der Waals surface area contributed by atoms with Crippen molar-refractivity contribution in [2.24, 2.45) is 28.6 Å². The van der Waals surface area contributed by atoms with Gasteiger partial charge in [-0.1, -0.05) is 51.7 Å². The molecule has 4 fully saturated rings. The first kappa shape index (κ1) is 25.0. The molecule has 4 aliphatic carbocycles. The molecular formula is C32H44N2O3. The molecular weight excluding hydrogens is 460 g/mol. The first-order chi connectivity index (χ1) is 17.8. The molecule has 5 atom stereocenters. The third kappa shape index (κ3) is 4.03. The Labute approximate surface area is 222 Å². The average Bonchev–Trinajstić information content (AvgIpc) is 3.31. The van der Waals surface area contributed by atoms with Gasteiger partial charge in [-0.25, -0.2) is 4.79 Å². The van der Waals surface area contributed by atoms with Crippen LogP contribution in [0.1, 0.15) is 96.5 Å². The molecule has 6 rings (SSSR count). The van der Waals surface area contributed by atoms with Crippen LogP contribution >= 0.6 is 0 Å². The van der Waals surface area contributed by atoms with Crippen LogP contribution in [0, 0.1) is 28.6 Å². The molecule has 1 aromatic rings. The molecule has 0 aromatic heterocycles. The number of rotatable bonds is 3. The van der Waals surface area contributed by atoms with Crippen molar-refractivity contribution in [3.63, 3.8) is 0 Å². The van der Waals surface area contributed by atoms with E-state index in [1.807, 2.05) is 23.1 Å². The van der Waals surface area contributed by atoms with E-state index in [1.165, 1.54) is 38.5 Å². The van der Waals surface area contributed by atoms with Crippen LogP contribution in [0.2, 0.25) is 0 Å². The number of hydrogen-bond donors (Lipinski definition) is 1. The number of amides is 2. The van der Waals surface area contributed by atoms with Crippen LogP contribution in [-0.4, -0.2) is 30.4 Å².